The second kappa shape index (κ2) is 9.95. The van der Waals surface area contributed by atoms with Crippen molar-refractivity contribution in [3.63, 3.8) is 0 Å². The van der Waals surface area contributed by atoms with Crippen LogP contribution in [0.25, 0.3) is 0 Å². The van der Waals surface area contributed by atoms with E-state index < -0.39 is 0 Å². The van der Waals surface area contributed by atoms with Gasteiger partial charge in [0.05, 0.1) is 43.9 Å². The lowest BCUT2D eigenvalue weighted by Gasteiger charge is -2.40. The molecule has 2 aromatic rings. The smallest absolute Gasteiger partial charge is 0.257 e. The number of carbonyl (C=O) groups excluding carboxylic acids is 1. The summed E-state index contributed by atoms with van der Waals surface area (Å²) in [5.41, 5.74) is 2.34. The average Bonchev–Trinajstić information content (AvgIpc) is 2.66. The van der Waals surface area contributed by atoms with Crippen LogP contribution in [0.4, 0.5) is 5.69 Å². The first kappa shape index (κ1) is 23.0. The van der Waals surface area contributed by atoms with Crippen LogP contribution in [0.1, 0.15) is 28.8 Å². The molecule has 0 atom stereocenters. The van der Waals surface area contributed by atoms with Gasteiger partial charge in [0.2, 0.25) is 0 Å². The zero-order chi connectivity index (χ0) is 19.4. The van der Waals surface area contributed by atoms with Crippen molar-refractivity contribution >= 4 is 34.8 Å². The lowest BCUT2D eigenvalue weighted by atomic mass is 10.0. The van der Waals surface area contributed by atoms with E-state index in [1.54, 1.807) is 18.2 Å². The molecule has 7 heteroatoms. The quantitative estimate of drug-likeness (QED) is 0.718. The van der Waals surface area contributed by atoms with Gasteiger partial charge in [-0.05, 0) is 30.3 Å². The molecule has 0 radical (unpaired) electrons. The predicted molar refractivity (Wildman–Crippen MR) is 111 cm³/mol. The summed E-state index contributed by atoms with van der Waals surface area (Å²) in [4.78, 5) is 12.4. The van der Waals surface area contributed by atoms with Gasteiger partial charge in [-0.1, -0.05) is 35.3 Å². The van der Waals surface area contributed by atoms with E-state index in [0.717, 1.165) is 42.8 Å². The minimum Gasteiger partial charge on any atom is -1.00 e. The van der Waals surface area contributed by atoms with E-state index in [9.17, 15) is 4.79 Å². The Morgan fingerprint density at radius 2 is 1.75 bits per heavy atom. The zero-order valence-electron chi connectivity index (χ0n) is 16.1. The van der Waals surface area contributed by atoms with Gasteiger partial charge in [0.25, 0.3) is 5.91 Å². The number of nitrogens with zero attached hydrogens (tertiary/aromatic N) is 1. The lowest BCUT2D eigenvalue weighted by molar-refractivity contribution is -0.929. The van der Waals surface area contributed by atoms with E-state index in [2.05, 4.69) is 31.5 Å². The summed E-state index contributed by atoms with van der Waals surface area (Å²) in [6, 6.07) is 13.4. The van der Waals surface area contributed by atoms with Crippen LogP contribution in [-0.4, -0.2) is 43.7 Å². The monoisotopic (exact) mass is 442 g/mol. The topological polar surface area (TPSA) is 38.3 Å². The minimum absolute atomic E-state index is 0. The fraction of sp³-hybridized carbons (Fsp3) is 0.381. The van der Waals surface area contributed by atoms with Crippen molar-refractivity contribution in [2.75, 3.05) is 32.6 Å². The third-order valence-corrected chi connectivity index (χ3v) is 5.72. The summed E-state index contributed by atoms with van der Waals surface area (Å²) in [6.07, 6.45) is 2.20. The molecule has 0 spiro atoms. The molecule has 1 N–H and O–H groups in total. The van der Waals surface area contributed by atoms with Crippen molar-refractivity contribution < 1.29 is 26.4 Å². The van der Waals surface area contributed by atoms with Gasteiger partial charge in [-0.3, -0.25) is 4.79 Å². The van der Waals surface area contributed by atoms with Crippen molar-refractivity contribution in [3.8, 4) is 0 Å². The van der Waals surface area contributed by atoms with Gasteiger partial charge in [0, 0.05) is 29.1 Å². The number of hydrogen-bond donors (Lipinski definition) is 1. The van der Waals surface area contributed by atoms with Crippen LogP contribution in [-0.2, 0) is 11.3 Å². The maximum atomic E-state index is 12.4. The molecule has 0 saturated carbocycles. The van der Waals surface area contributed by atoms with Crippen molar-refractivity contribution in [2.24, 2.45) is 0 Å². The second-order valence-electron chi connectivity index (χ2n) is 7.56. The summed E-state index contributed by atoms with van der Waals surface area (Å²) < 4.78 is 6.42. The number of halogens is 3. The van der Waals surface area contributed by atoms with E-state index >= 15 is 0 Å². The van der Waals surface area contributed by atoms with E-state index in [1.165, 1.54) is 5.56 Å². The van der Waals surface area contributed by atoms with E-state index in [-0.39, 0.29) is 18.3 Å². The van der Waals surface area contributed by atoms with Crippen LogP contribution in [0.5, 0.6) is 0 Å². The first-order chi connectivity index (χ1) is 12.8. The Balaban J connectivity index is 0.00000280. The Kier molecular flexibility index (Phi) is 8.17. The number of rotatable bonds is 5. The van der Waals surface area contributed by atoms with Gasteiger partial charge in [-0.25, -0.2) is 0 Å². The van der Waals surface area contributed by atoms with Gasteiger partial charge in [-0.2, -0.15) is 0 Å². The second-order valence-corrected chi connectivity index (χ2v) is 8.40. The summed E-state index contributed by atoms with van der Waals surface area (Å²) in [7, 11) is 4.54. The lowest BCUT2D eigenvalue weighted by Crippen LogP contribution is -3.00. The molecule has 2 aromatic carbocycles. The molecule has 1 saturated heterocycles. The van der Waals surface area contributed by atoms with Gasteiger partial charge in [-0.15, -0.1) is 0 Å². The molecule has 1 aliphatic rings. The molecule has 3 rings (SSSR count). The van der Waals surface area contributed by atoms with Gasteiger partial charge >= 0.3 is 0 Å². The highest BCUT2D eigenvalue weighted by molar-refractivity contribution is 6.36. The third kappa shape index (κ3) is 5.85. The van der Waals surface area contributed by atoms with Crippen LogP contribution >= 0.6 is 23.2 Å². The summed E-state index contributed by atoms with van der Waals surface area (Å²) in [5.74, 6) is -0.270. The van der Waals surface area contributed by atoms with E-state index in [1.807, 2.05) is 12.1 Å². The fourth-order valence-electron chi connectivity index (χ4n) is 3.55. The van der Waals surface area contributed by atoms with Gasteiger partial charge < -0.3 is 26.9 Å². The number of amides is 1. The first-order valence-corrected chi connectivity index (χ1v) is 9.86. The number of benzene rings is 2. The van der Waals surface area contributed by atoms with Crippen LogP contribution in [0, 0.1) is 0 Å². The number of quaternary nitrogens is 1. The highest BCUT2D eigenvalue weighted by atomic mass is 35.5. The van der Waals surface area contributed by atoms with E-state index in [0.29, 0.717) is 21.7 Å². The minimum atomic E-state index is -0.270. The predicted octanol–water partition coefficient (Wildman–Crippen LogP) is 2.01. The molecule has 1 amide bonds. The number of carbonyl (C=O) groups is 1. The van der Waals surface area contributed by atoms with Gasteiger partial charge in [0.1, 0.15) is 6.54 Å². The maximum Gasteiger partial charge on any atom is 0.257 e. The fourth-order valence-corrected chi connectivity index (χ4v) is 3.92. The van der Waals surface area contributed by atoms with Crippen LogP contribution in [0.3, 0.4) is 0 Å². The standard InChI is InChI=1S/C21H24Cl2N2O2.ClH/c1-25(2,18-9-11-27-12-10-18)14-15-3-6-17(7-4-15)24-21(26)19-13-16(22)5-8-20(19)23;/h3-8,13,18H,9-12,14H2,1-2H3;1H. The molecule has 1 heterocycles. The van der Waals surface area contributed by atoms with Gasteiger partial charge in [0.15, 0.2) is 0 Å². The van der Waals surface area contributed by atoms with Crippen LogP contribution < -0.4 is 17.7 Å². The van der Waals surface area contributed by atoms with E-state index in [4.69, 9.17) is 27.9 Å². The molecule has 0 aromatic heterocycles. The average molecular weight is 444 g/mol. The molecule has 0 aliphatic carbocycles. The van der Waals surface area contributed by atoms with Crippen molar-refractivity contribution in [2.45, 2.75) is 25.4 Å². The van der Waals surface area contributed by atoms with Crippen molar-refractivity contribution in [3.05, 3.63) is 63.6 Å². The van der Waals surface area contributed by atoms with Crippen LogP contribution in [0.15, 0.2) is 42.5 Å². The Morgan fingerprint density at radius 1 is 1.11 bits per heavy atom. The highest BCUT2D eigenvalue weighted by Gasteiger charge is 2.30. The summed E-state index contributed by atoms with van der Waals surface area (Å²) in [6.45, 7) is 2.64. The Hall–Kier alpha value is -1.30. The largest absolute Gasteiger partial charge is 1.00 e. The molecule has 1 aliphatic heterocycles. The molecule has 28 heavy (non-hydrogen) atoms. The highest BCUT2D eigenvalue weighted by Crippen LogP contribution is 2.24. The number of hydrogen-bond acceptors (Lipinski definition) is 2. The Labute approximate surface area is 182 Å². The number of nitrogens with one attached hydrogen (secondary N) is 1. The zero-order valence-corrected chi connectivity index (χ0v) is 18.3. The van der Waals surface area contributed by atoms with Crippen molar-refractivity contribution in [1.82, 2.24) is 0 Å². The SMILES string of the molecule is C[N+](C)(Cc1ccc(NC(=O)c2cc(Cl)ccc2Cl)cc1)C1CCOCC1.[Cl-]. The Morgan fingerprint density at radius 3 is 2.39 bits per heavy atom. The van der Waals surface area contributed by atoms with Crippen molar-refractivity contribution in [1.29, 1.82) is 0 Å². The normalized spacial score (nSPS) is 15.0. The third-order valence-electron chi connectivity index (χ3n) is 5.15. The molecule has 4 nitrogen and oxygen atoms in total. The molecular formula is C21H25Cl3N2O2. The first-order valence-electron chi connectivity index (χ1n) is 9.11. The molecule has 1 fully saturated rings. The maximum absolute atomic E-state index is 12.4. The van der Waals surface area contributed by atoms with Crippen LogP contribution in [0.2, 0.25) is 10.0 Å². The number of anilines is 1. The molecular weight excluding hydrogens is 419 g/mol. The molecule has 152 valence electrons. The summed E-state index contributed by atoms with van der Waals surface area (Å²) >= 11 is 12.1. The summed E-state index contributed by atoms with van der Waals surface area (Å²) in [5, 5.41) is 3.73. The molecule has 0 bridgehead atoms. The number of ether oxygens (including phenoxy) is 1. The Bertz CT molecular complexity index is 804. The molecule has 0 unspecified atom stereocenters.